The molecule has 7 atom stereocenters. The molecule has 7 unspecified atom stereocenters. The number of rotatable bonds is 8. The van der Waals surface area contributed by atoms with Crippen molar-refractivity contribution in [1.29, 1.82) is 0 Å². The first kappa shape index (κ1) is 26.8. The molecule has 0 spiro atoms. The van der Waals surface area contributed by atoms with Gasteiger partial charge in [-0.05, 0) is 105 Å². The Bertz CT molecular complexity index is 577. The highest BCUT2D eigenvalue weighted by Crippen LogP contribution is 2.46. The molecule has 0 nitrogen and oxygen atoms in total. The molecule has 0 aromatic heterocycles. The summed E-state index contributed by atoms with van der Waals surface area (Å²) in [5.41, 5.74) is 0. The fourth-order valence-corrected chi connectivity index (χ4v) is 8.77. The Morgan fingerprint density at radius 1 is 0.588 bits per heavy atom. The average molecular weight is 483 g/mol. The van der Waals surface area contributed by atoms with E-state index in [0.717, 1.165) is 63.2 Å². The topological polar surface area (TPSA) is 0 Å². The van der Waals surface area contributed by atoms with Gasteiger partial charge in [0, 0.05) is 0 Å². The van der Waals surface area contributed by atoms with Gasteiger partial charge in [-0.3, -0.25) is 0 Å². The van der Waals surface area contributed by atoms with Crippen LogP contribution in [-0.2, 0) is 0 Å². The van der Waals surface area contributed by atoms with E-state index in [1.807, 2.05) is 0 Å². The SMILES string of the molecule is CCCC1CCC(C2CCC(CCCC3CCC(C4CCC(C)CC4F)CC3)C(F)C2F)CC1. The lowest BCUT2D eigenvalue weighted by molar-refractivity contribution is -0.0151. The third-order valence-electron chi connectivity index (χ3n) is 11.0. The van der Waals surface area contributed by atoms with Crippen molar-refractivity contribution in [1.82, 2.24) is 0 Å². The maximum Gasteiger partial charge on any atom is 0.134 e. The molecule has 4 saturated carbocycles. The standard InChI is InChI=1S/C31H53F3/c1-3-5-22-9-15-25(16-10-22)28-19-17-26(30(33)31(28)34)7-4-6-23-11-13-24(14-12-23)27-18-8-21(2)20-29(27)32/h21-31H,3-20H2,1-2H3. The summed E-state index contributed by atoms with van der Waals surface area (Å²) in [5, 5.41) is 0. The number of alkyl halides is 3. The smallest absolute Gasteiger partial charge is 0.134 e. The highest BCUT2D eigenvalue weighted by molar-refractivity contribution is 4.93. The Morgan fingerprint density at radius 2 is 1.18 bits per heavy atom. The molecule has 0 aliphatic heterocycles. The molecule has 0 bridgehead atoms. The molecule has 0 aromatic carbocycles. The highest BCUT2D eigenvalue weighted by atomic mass is 19.2. The molecule has 0 radical (unpaired) electrons. The second-order valence-corrected chi connectivity index (χ2v) is 13.3. The first-order valence-electron chi connectivity index (χ1n) is 15.4. The van der Waals surface area contributed by atoms with E-state index < -0.39 is 18.5 Å². The van der Waals surface area contributed by atoms with Gasteiger partial charge in [-0.15, -0.1) is 0 Å². The normalized spacial score (nSPS) is 46.3. The molecule has 0 aromatic rings. The predicted octanol–water partition coefficient (Wildman–Crippen LogP) is 10.0. The molecule has 4 aliphatic carbocycles. The molecular weight excluding hydrogens is 429 g/mol. The quantitative estimate of drug-likeness (QED) is 0.323. The van der Waals surface area contributed by atoms with Crippen LogP contribution in [0.4, 0.5) is 13.2 Å². The van der Waals surface area contributed by atoms with Crippen molar-refractivity contribution in [2.24, 2.45) is 47.3 Å². The van der Waals surface area contributed by atoms with Gasteiger partial charge in [0.2, 0.25) is 0 Å². The Kier molecular flexibility index (Phi) is 10.1. The second-order valence-electron chi connectivity index (χ2n) is 13.3. The fourth-order valence-electron chi connectivity index (χ4n) is 8.77. The van der Waals surface area contributed by atoms with Crippen LogP contribution in [0.3, 0.4) is 0 Å². The minimum absolute atomic E-state index is 0.0220. The molecule has 0 N–H and O–H groups in total. The third kappa shape index (κ3) is 6.76. The lowest BCUT2D eigenvalue weighted by Gasteiger charge is -2.41. The van der Waals surface area contributed by atoms with Gasteiger partial charge in [-0.1, -0.05) is 71.6 Å². The molecule has 0 amide bonds. The molecule has 0 heterocycles. The van der Waals surface area contributed by atoms with Gasteiger partial charge >= 0.3 is 0 Å². The van der Waals surface area contributed by atoms with Crippen molar-refractivity contribution in [3.05, 3.63) is 0 Å². The lowest BCUT2D eigenvalue weighted by Crippen LogP contribution is -2.42. The van der Waals surface area contributed by atoms with Crippen molar-refractivity contribution in [2.75, 3.05) is 0 Å². The first-order chi connectivity index (χ1) is 16.5. The molecule has 34 heavy (non-hydrogen) atoms. The number of halogens is 3. The minimum atomic E-state index is -1.24. The maximum atomic E-state index is 15.2. The third-order valence-corrected chi connectivity index (χ3v) is 11.0. The summed E-state index contributed by atoms with van der Waals surface area (Å²) in [6.45, 7) is 4.44. The maximum absolute atomic E-state index is 15.2. The Labute approximate surface area is 208 Å². The summed E-state index contributed by atoms with van der Waals surface area (Å²) in [6.07, 6.45) is 17.0. The predicted molar refractivity (Wildman–Crippen MR) is 137 cm³/mol. The van der Waals surface area contributed by atoms with E-state index in [1.165, 1.54) is 64.2 Å². The zero-order chi connectivity index (χ0) is 24.1. The molecule has 4 aliphatic rings. The zero-order valence-corrected chi connectivity index (χ0v) is 22.2. The van der Waals surface area contributed by atoms with Gasteiger partial charge in [0.25, 0.3) is 0 Å². The molecule has 0 saturated heterocycles. The summed E-state index contributed by atoms with van der Waals surface area (Å²) >= 11 is 0. The van der Waals surface area contributed by atoms with Crippen molar-refractivity contribution in [3.63, 3.8) is 0 Å². The van der Waals surface area contributed by atoms with Crippen LogP contribution >= 0.6 is 0 Å². The van der Waals surface area contributed by atoms with Gasteiger partial charge in [0.15, 0.2) is 0 Å². The van der Waals surface area contributed by atoms with Crippen molar-refractivity contribution in [3.8, 4) is 0 Å². The molecule has 4 rings (SSSR count). The number of hydrogen-bond donors (Lipinski definition) is 0. The number of hydrogen-bond acceptors (Lipinski definition) is 0. The summed E-state index contributed by atoms with van der Waals surface area (Å²) in [4.78, 5) is 0. The van der Waals surface area contributed by atoms with E-state index >= 15 is 8.78 Å². The molecule has 3 heteroatoms. The van der Waals surface area contributed by atoms with Crippen LogP contribution in [0.15, 0.2) is 0 Å². The second kappa shape index (κ2) is 12.8. The van der Waals surface area contributed by atoms with Gasteiger partial charge < -0.3 is 0 Å². The monoisotopic (exact) mass is 482 g/mol. The zero-order valence-electron chi connectivity index (χ0n) is 22.2. The van der Waals surface area contributed by atoms with E-state index in [0.29, 0.717) is 23.7 Å². The average Bonchev–Trinajstić information content (AvgIpc) is 2.83. The van der Waals surface area contributed by atoms with E-state index in [1.54, 1.807) is 0 Å². The van der Waals surface area contributed by atoms with E-state index in [4.69, 9.17) is 0 Å². The molecule has 198 valence electrons. The van der Waals surface area contributed by atoms with Crippen molar-refractivity contribution in [2.45, 2.75) is 148 Å². The summed E-state index contributed by atoms with van der Waals surface area (Å²) in [6, 6.07) is 0. The van der Waals surface area contributed by atoms with Crippen LogP contribution in [0.1, 0.15) is 129 Å². The van der Waals surface area contributed by atoms with Crippen LogP contribution in [0.25, 0.3) is 0 Å². The van der Waals surface area contributed by atoms with Crippen LogP contribution in [0.5, 0.6) is 0 Å². The van der Waals surface area contributed by atoms with Crippen molar-refractivity contribution >= 4 is 0 Å². The van der Waals surface area contributed by atoms with Gasteiger partial charge in [-0.25, -0.2) is 13.2 Å². The summed E-state index contributed by atoms with van der Waals surface area (Å²) < 4.78 is 44.9. The van der Waals surface area contributed by atoms with E-state index in [9.17, 15) is 4.39 Å². The Hall–Kier alpha value is -0.210. The first-order valence-corrected chi connectivity index (χ1v) is 15.4. The highest BCUT2D eigenvalue weighted by Gasteiger charge is 2.44. The summed E-state index contributed by atoms with van der Waals surface area (Å²) in [7, 11) is 0. The van der Waals surface area contributed by atoms with Crippen LogP contribution in [-0.4, -0.2) is 18.5 Å². The molecule has 4 fully saturated rings. The fraction of sp³-hybridized carbons (Fsp3) is 1.00. The Morgan fingerprint density at radius 3 is 1.79 bits per heavy atom. The molecular formula is C31H53F3. The van der Waals surface area contributed by atoms with Crippen LogP contribution in [0, 0.1) is 47.3 Å². The Balaban J connectivity index is 1.13. The largest absolute Gasteiger partial charge is 0.247 e. The van der Waals surface area contributed by atoms with E-state index in [2.05, 4.69) is 13.8 Å². The van der Waals surface area contributed by atoms with Crippen LogP contribution < -0.4 is 0 Å². The van der Waals surface area contributed by atoms with E-state index in [-0.39, 0.29) is 11.8 Å². The van der Waals surface area contributed by atoms with Crippen LogP contribution in [0.2, 0.25) is 0 Å². The lowest BCUT2D eigenvalue weighted by atomic mass is 9.66. The summed E-state index contributed by atoms with van der Waals surface area (Å²) in [5.74, 6) is 3.36. The van der Waals surface area contributed by atoms with Gasteiger partial charge in [-0.2, -0.15) is 0 Å². The van der Waals surface area contributed by atoms with Gasteiger partial charge in [0.1, 0.15) is 18.5 Å². The van der Waals surface area contributed by atoms with Gasteiger partial charge in [0.05, 0.1) is 0 Å². The minimum Gasteiger partial charge on any atom is -0.247 e. The van der Waals surface area contributed by atoms with Crippen molar-refractivity contribution < 1.29 is 13.2 Å².